The molecule has 2 N–H and O–H groups in total. The highest BCUT2D eigenvalue weighted by atomic mass is 32.2. The zero-order valence-corrected chi connectivity index (χ0v) is 12.8. The molecule has 0 aromatic heterocycles. The Morgan fingerprint density at radius 3 is 2.37 bits per heavy atom. The van der Waals surface area contributed by atoms with Crippen LogP contribution in [0.2, 0.25) is 0 Å². The molecular formula is C14H21N3S2. The number of nitrogens with two attached hydrogens (primary N) is 1. The smallest absolute Gasteiger partial charge is 0.0870 e. The summed E-state index contributed by atoms with van der Waals surface area (Å²) >= 11 is 6.88. The summed E-state index contributed by atoms with van der Waals surface area (Å²) in [6.45, 7) is 6.32. The first-order chi connectivity index (χ1) is 9.24. The van der Waals surface area contributed by atoms with Crippen LogP contribution in [-0.2, 0) is 0 Å². The topological polar surface area (TPSA) is 32.5 Å². The van der Waals surface area contributed by atoms with E-state index in [0.29, 0.717) is 4.99 Å². The van der Waals surface area contributed by atoms with Gasteiger partial charge in [0.25, 0.3) is 0 Å². The van der Waals surface area contributed by atoms with Gasteiger partial charge in [-0.1, -0.05) is 30.4 Å². The molecule has 1 aliphatic rings. The van der Waals surface area contributed by atoms with E-state index in [1.165, 1.54) is 4.90 Å². The fourth-order valence-corrected chi connectivity index (χ4v) is 3.32. The summed E-state index contributed by atoms with van der Waals surface area (Å²) in [6.07, 6.45) is 0. The molecular weight excluding hydrogens is 274 g/mol. The van der Waals surface area contributed by atoms with Crippen LogP contribution in [-0.4, -0.2) is 59.8 Å². The van der Waals surface area contributed by atoms with Gasteiger partial charge in [0.2, 0.25) is 0 Å². The van der Waals surface area contributed by atoms with E-state index in [1.807, 2.05) is 11.8 Å². The highest BCUT2D eigenvalue weighted by Crippen LogP contribution is 2.17. The SMILES string of the molecule is NC(=S)CN1CCN(CCSc2ccccc2)CC1. The van der Waals surface area contributed by atoms with Crippen LogP contribution >= 0.6 is 24.0 Å². The van der Waals surface area contributed by atoms with Crippen LogP contribution in [0.5, 0.6) is 0 Å². The summed E-state index contributed by atoms with van der Waals surface area (Å²) in [5, 5.41) is 0. The molecule has 0 unspecified atom stereocenters. The van der Waals surface area contributed by atoms with Crippen molar-refractivity contribution in [3.63, 3.8) is 0 Å². The zero-order valence-electron chi connectivity index (χ0n) is 11.1. The highest BCUT2D eigenvalue weighted by Gasteiger charge is 2.16. The van der Waals surface area contributed by atoms with E-state index in [1.54, 1.807) is 0 Å². The maximum atomic E-state index is 5.58. The molecule has 0 spiro atoms. The normalized spacial score (nSPS) is 17.5. The van der Waals surface area contributed by atoms with Crippen LogP contribution in [0.15, 0.2) is 35.2 Å². The molecule has 1 fully saturated rings. The van der Waals surface area contributed by atoms with Crippen molar-refractivity contribution >= 4 is 29.0 Å². The van der Waals surface area contributed by atoms with E-state index in [9.17, 15) is 0 Å². The Kier molecular flexibility index (Phi) is 6.10. The summed E-state index contributed by atoms with van der Waals surface area (Å²) in [4.78, 5) is 6.82. The molecule has 19 heavy (non-hydrogen) atoms. The molecule has 3 nitrogen and oxygen atoms in total. The van der Waals surface area contributed by atoms with Crippen molar-refractivity contribution in [3.05, 3.63) is 30.3 Å². The largest absolute Gasteiger partial charge is 0.392 e. The quantitative estimate of drug-likeness (QED) is 0.638. The Balaban J connectivity index is 1.62. The molecule has 104 valence electrons. The Morgan fingerprint density at radius 2 is 1.74 bits per heavy atom. The second-order valence-electron chi connectivity index (χ2n) is 4.75. The monoisotopic (exact) mass is 295 g/mol. The lowest BCUT2D eigenvalue weighted by Gasteiger charge is -2.34. The minimum Gasteiger partial charge on any atom is -0.392 e. The molecule has 0 radical (unpaired) electrons. The fourth-order valence-electron chi connectivity index (χ4n) is 2.20. The molecule has 1 aliphatic heterocycles. The Morgan fingerprint density at radius 1 is 1.11 bits per heavy atom. The minimum atomic E-state index is 0.605. The van der Waals surface area contributed by atoms with E-state index in [4.69, 9.17) is 18.0 Å². The highest BCUT2D eigenvalue weighted by molar-refractivity contribution is 7.99. The van der Waals surface area contributed by atoms with E-state index >= 15 is 0 Å². The van der Waals surface area contributed by atoms with Gasteiger partial charge < -0.3 is 5.73 Å². The van der Waals surface area contributed by atoms with Gasteiger partial charge in [0.05, 0.1) is 4.99 Å². The van der Waals surface area contributed by atoms with Crippen molar-refractivity contribution in [1.29, 1.82) is 0 Å². The van der Waals surface area contributed by atoms with Gasteiger partial charge in [0.1, 0.15) is 0 Å². The van der Waals surface area contributed by atoms with Crippen molar-refractivity contribution in [2.75, 3.05) is 45.0 Å². The van der Waals surface area contributed by atoms with Gasteiger partial charge in [-0.3, -0.25) is 9.80 Å². The molecule has 0 atom stereocenters. The molecule has 1 heterocycles. The first kappa shape index (κ1) is 14.8. The van der Waals surface area contributed by atoms with Gasteiger partial charge >= 0.3 is 0 Å². The predicted octanol–water partition coefficient (Wildman–Crippen LogP) is 1.68. The van der Waals surface area contributed by atoms with E-state index in [0.717, 1.165) is 45.0 Å². The van der Waals surface area contributed by atoms with Gasteiger partial charge in [-0.05, 0) is 12.1 Å². The number of thiocarbonyl (C=S) groups is 1. The molecule has 0 aliphatic carbocycles. The first-order valence-corrected chi connectivity index (χ1v) is 8.04. The Labute approximate surface area is 125 Å². The molecule has 0 saturated carbocycles. The predicted molar refractivity (Wildman–Crippen MR) is 86.8 cm³/mol. The molecule has 0 bridgehead atoms. The Bertz CT molecular complexity index is 389. The first-order valence-electron chi connectivity index (χ1n) is 6.65. The molecule has 1 aromatic rings. The third-order valence-corrected chi connectivity index (χ3v) is 4.39. The van der Waals surface area contributed by atoms with E-state index in [-0.39, 0.29) is 0 Å². The number of hydrogen-bond acceptors (Lipinski definition) is 4. The lowest BCUT2D eigenvalue weighted by molar-refractivity contribution is 0.152. The summed E-state index contributed by atoms with van der Waals surface area (Å²) in [5.74, 6) is 1.15. The lowest BCUT2D eigenvalue weighted by atomic mass is 10.3. The summed E-state index contributed by atoms with van der Waals surface area (Å²) in [7, 11) is 0. The third-order valence-electron chi connectivity index (χ3n) is 3.26. The van der Waals surface area contributed by atoms with Gasteiger partial charge in [-0.2, -0.15) is 0 Å². The number of hydrogen-bond donors (Lipinski definition) is 1. The van der Waals surface area contributed by atoms with Crippen LogP contribution in [0.1, 0.15) is 0 Å². The minimum absolute atomic E-state index is 0.605. The fraction of sp³-hybridized carbons (Fsp3) is 0.500. The molecule has 1 aromatic carbocycles. The number of rotatable bonds is 6. The van der Waals surface area contributed by atoms with Crippen molar-refractivity contribution in [3.8, 4) is 0 Å². The van der Waals surface area contributed by atoms with Crippen molar-refractivity contribution < 1.29 is 0 Å². The number of nitrogens with zero attached hydrogens (tertiary/aromatic N) is 2. The molecule has 2 rings (SSSR count). The number of thioether (sulfide) groups is 1. The molecule has 0 amide bonds. The second-order valence-corrected chi connectivity index (χ2v) is 6.44. The van der Waals surface area contributed by atoms with Crippen molar-refractivity contribution in [2.45, 2.75) is 4.90 Å². The number of piperazine rings is 1. The molecule has 5 heteroatoms. The summed E-state index contributed by atoms with van der Waals surface area (Å²) in [5.41, 5.74) is 5.58. The molecule has 1 saturated heterocycles. The average molecular weight is 295 g/mol. The lowest BCUT2D eigenvalue weighted by Crippen LogP contribution is -2.48. The van der Waals surface area contributed by atoms with E-state index in [2.05, 4.69) is 40.1 Å². The van der Waals surface area contributed by atoms with Crippen molar-refractivity contribution in [1.82, 2.24) is 9.80 Å². The maximum Gasteiger partial charge on any atom is 0.0870 e. The van der Waals surface area contributed by atoms with E-state index < -0.39 is 0 Å². The van der Waals surface area contributed by atoms with Gasteiger partial charge in [0.15, 0.2) is 0 Å². The maximum absolute atomic E-state index is 5.58. The average Bonchev–Trinajstić information content (AvgIpc) is 2.41. The van der Waals surface area contributed by atoms with Crippen LogP contribution in [0.4, 0.5) is 0 Å². The van der Waals surface area contributed by atoms with Crippen LogP contribution in [0.3, 0.4) is 0 Å². The van der Waals surface area contributed by atoms with Gasteiger partial charge in [-0.25, -0.2) is 0 Å². The third kappa shape index (κ3) is 5.48. The van der Waals surface area contributed by atoms with Gasteiger partial charge in [0, 0.05) is 49.9 Å². The van der Waals surface area contributed by atoms with Crippen LogP contribution in [0, 0.1) is 0 Å². The van der Waals surface area contributed by atoms with Crippen LogP contribution in [0.25, 0.3) is 0 Å². The summed E-state index contributed by atoms with van der Waals surface area (Å²) in [6, 6.07) is 10.6. The second kappa shape index (κ2) is 7.85. The summed E-state index contributed by atoms with van der Waals surface area (Å²) < 4.78 is 0. The van der Waals surface area contributed by atoms with Gasteiger partial charge in [-0.15, -0.1) is 11.8 Å². The Hall–Kier alpha value is -0.620. The van der Waals surface area contributed by atoms with Crippen molar-refractivity contribution in [2.24, 2.45) is 5.73 Å². The zero-order chi connectivity index (χ0) is 13.5. The van der Waals surface area contributed by atoms with Crippen LogP contribution < -0.4 is 5.73 Å². The number of benzene rings is 1. The standard InChI is InChI=1S/C14H21N3S2/c15-14(18)12-17-8-6-16(7-9-17)10-11-19-13-4-2-1-3-5-13/h1-5H,6-12H2,(H2,15,18).